The van der Waals surface area contributed by atoms with Crippen molar-refractivity contribution in [2.24, 2.45) is 0 Å². The molecule has 3 aromatic rings. The average molecular weight is 450 g/mol. The lowest BCUT2D eigenvalue weighted by Crippen LogP contribution is -2.43. The quantitative estimate of drug-likeness (QED) is 0.573. The van der Waals surface area contributed by atoms with Gasteiger partial charge in [0.2, 0.25) is 0 Å². The number of morpholine rings is 1. The molecule has 1 amide bonds. The van der Waals surface area contributed by atoms with E-state index in [1.54, 1.807) is 11.3 Å². The Bertz CT molecular complexity index is 1040. The normalized spacial score (nSPS) is 14.7. The minimum absolute atomic E-state index is 0. The van der Waals surface area contributed by atoms with E-state index in [2.05, 4.69) is 30.9 Å². The summed E-state index contributed by atoms with van der Waals surface area (Å²) in [6.07, 6.45) is 0. The van der Waals surface area contributed by atoms with E-state index in [4.69, 9.17) is 14.1 Å². The second-order valence-electron chi connectivity index (χ2n) is 7.59. The second kappa shape index (κ2) is 9.47. The van der Waals surface area contributed by atoms with E-state index in [1.807, 2.05) is 24.8 Å². The zero-order valence-electron chi connectivity index (χ0n) is 17.9. The van der Waals surface area contributed by atoms with Gasteiger partial charge in [-0.1, -0.05) is 17.4 Å². The molecule has 1 aromatic carbocycles. The summed E-state index contributed by atoms with van der Waals surface area (Å²) in [6.45, 7) is 12.5. The Morgan fingerprint density at radius 1 is 1.20 bits per heavy atom. The molecule has 0 radical (unpaired) electrons. The lowest BCUT2D eigenvalue weighted by atomic mass is 10.1. The molecule has 6 nitrogen and oxygen atoms in total. The number of anilines is 1. The van der Waals surface area contributed by atoms with Crippen LogP contribution in [0.1, 0.15) is 33.0 Å². The van der Waals surface area contributed by atoms with Crippen LogP contribution in [0.3, 0.4) is 0 Å². The maximum atomic E-state index is 13.5. The Hall–Kier alpha value is -1.93. The van der Waals surface area contributed by atoms with Crippen LogP contribution in [0.15, 0.2) is 22.6 Å². The van der Waals surface area contributed by atoms with Crippen LogP contribution in [0.25, 0.3) is 10.2 Å². The van der Waals surface area contributed by atoms with Gasteiger partial charge in [0.05, 0.1) is 29.0 Å². The molecule has 8 heteroatoms. The van der Waals surface area contributed by atoms with Crippen LogP contribution in [0.4, 0.5) is 5.13 Å². The summed E-state index contributed by atoms with van der Waals surface area (Å²) in [5.74, 6) is 1.34. The van der Waals surface area contributed by atoms with Crippen molar-refractivity contribution in [1.29, 1.82) is 0 Å². The van der Waals surface area contributed by atoms with Crippen LogP contribution in [-0.4, -0.2) is 55.2 Å². The van der Waals surface area contributed by atoms with Gasteiger partial charge >= 0.3 is 0 Å². The predicted molar refractivity (Wildman–Crippen MR) is 123 cm³/mol. The van der Waals surface area contributed by atoms with Crippen LogP contribution >= 0.6 is 23.7 Å². The van der Waals surface area contributed by atoms with Gasteiger partial charge in [-0.15, -0.1) is 12.4 Å². The van der Waals surface area contributed by atoms with E-state index in [0.29, 0.717) is 17.9 Å². The molecule has 162 valence electrons. The minimum atomic E-state index is -0.0546. The Balaban J connectivity index is 0.00000256. The zero-order valence-corrected chi connectivity index (χ0v) is 19.5. The molecule has 0 atom stereocenters. The number of aromatic nitrogens is 1. The molecule has 0 saturated carbocycles. The van der Waals surface area contributed by atoms with Gasteiger partial charge in [0.15, 0.2) is 5.13 Å². The van der Waals surface area contributed by atoms with Crippen molar-refractivity contribution in [3.63, 3.8) is 0 Å². The largest absolute Gasteiger partial charge is 0.466 e. The van der Waals surface area contributed by atoms with E-state index < -0.39 is 0 Å². The smallest absolute Gasteiger partial charge is 0.263 e. The number of hydrogen-bond donors (Lipinski definition) is 0. The number of rotatable bonds is 5. The number of benzene rings is 1. The highest BCUT2D eigenvalue weighted by atomic mass is 35.5. The Kier molecular flexibility index (Phi) is 7.18. The molecule has 1 aliphatic heterocycles. The third-order valence-corrected chi connectivity index (χ3v) is 6.61. The van der Waals surface area contributed by atoms with Gasteiger partial charge in [-0.25, -0.2) is 4.98 Å². The molecule has 1 saturated heterocycles. The van der Waals surface area contributed by atoms with Crippen molar-refractivity contribution >= 4 is 45.0 Å². The van der Waals surface area contributed by atoms with E-state index in [1.165, 1.54) is 11.1 Å². The number of aryl methyl sites for hydroxylation is 4. The van der Waals surface area contributed by atoms with Crippen molar-refractivity contribution in [2.75, 3.05) is 44.3 Å². The van der Waals surface area contributed by atoms with E-state index in [9.17, 15) is 4.79 Å². The summed E-state index contributed by atoms with van der Waals surface area (Å²) >= 11 is 1.57. The van der Waals surface area contributed by atoms with E-state index in [0.717, 1.165) is 54.0 Å². The number of halogens is 1. The molecule has 4 rings (SSSR count). The van der Waals surface area contributed by atoms with Crippen LogP contribution in [-0.2, 0) is 4.74 Å². The fourth-order valence-corrected chi connectivity index (χ4v) is 4.72. The maximum Gasteiger partial charge on any atom is 0.263 e. The first-order chi connectivity index (χ1) is 13.9. The second-order valence-corrected chi connectivity index (χ2v) is 8.60. The molecule has 0 aliphatic carbocycles. The minimum Gasteiger partial charge on any atom is -0.466 e. The zero-order chi connectivity index (χ0) is 20.5. The number of hydrogen-bond acceptors (Lipinski definition) is 6. The summed E-state index contributed by atoms with van der Waals surface area (Å²) < 4.78 is 12.2. The number of carbonyl (C=O) groups excluding carboxylic acids is 1. The predicted octanol–water partition coefficient (Wildman–Crippen LogP) is 4.52. The first kappa shape index (κ1) is 22.7. The van der Waals surface area contributed by atoms with Crippen LogP contribution in [0, 0.1) is 27.7 Å². The van der Waals surface area contributed by atoms with Crippen LogP contribution in [0.5, 0.6) is 0 Å². The van der Waals surface area contributed by atoms with Crippen LogP contribution < -0.4 is 4.90 Å². The number of furan rings is 1. The van der Waals surface area contributed by atoms with Gasteiger partial charge in [-0.3, -0.25) is 14.6 Å². The van der Waals surface area contributed by atoms with Gasteiger partial charge in [0, 0.05) is 26.2 Å². The van der Waals surface area contributed by atoms with Gasteiger partial charge in [-0.05, 0) is 51.0 Å². The monoisotopic (exact) mass is 449 g/mol. The molecule has 0 spiro atoms. The van der Waals surface area contributed by atoms with E-state index in [-0.39, 0.29) is 18.3 Å². The first-order valence-corrected chi connectivity index (χ1v) is 10.8. The van der Waals surface area contributed by atoms with E-state index >= 15 is 0 Å². The van der Waals surface area contributed by atoms with Crippen molar-refractivity contribution < 1.29 is 13.9 Å². The third kappa shape index (κ3) is 4.54. The SMILES string of the molecule is Cc1cc(C(=O)N(CCN2CCOCC2)c2nc3c(C)c(C)ccc3s2)c(C)o1.Cl. The highest BCUT2D eigenvalue weighted by Crippen LogP contribution is 2.33. The molecule has 1 fully saturated rings. The number of thiazole rings is 1. The average Bonchev–Trinajstić information content (AvgIpc) is 3.29. The van der Waals surface area contributed by atoms with Crippen molar-refractivity contribution in [1.82, 2.24) is 9.88 Å². The van der Waals surface area contributed by atoms with Gasteiger partial charge in [0.25, 0.3) is 5.91 Å². The van der Waals surface area contributed by atoms with Crippen molar-refractivity contribution in [3.8, 4) is 0 Å². The molecule has 30 heavy (non-hydrogen) atoms. The molecule has 0 unspecified atom stereocenters. The summed E-state index contributed by atoms with van der Waals surface area (Å²) in [6, 6.07) is 6.03. The Labute approximate surface area is 187 Å². The molecule has 0 N–H and O–H groups in total. The third-order valence-electron chi connectivity index (χ3n) is 5.56. The maximum absolute atomic E-state index is 13.5. The standard InChI is InChI=1S/C22H27N3O3S.ClH/c1-14-5-6-19-20(16(14)3)23-22(29-19)25(8-7-24-9-11-27-12-10-24)21(26)18-13-15(2)28-17(18)4;/h5-6,13H,7-12H2,1-4H3;1H. The molecule has 0 bridgehead atoms. The lowest BCUT2D eigenvalue weighted by Gasteiger charge is -2.29. The van der Waals surface area contributed by atoms with Gasteiger partial charge in [-0.2, -0.15) is 0 Å². The summed E-state index contributed by atoms with van der Waals surface area (Å²) in [5.41, 5.74) is 3.97. The number of ether oxygens (including phenoxy) is 1. The molecule has 3 heterocycles. The fraction of sp³-hybridized carbons (Fsp3) is 0.455. The number of carbonyl (C=O) groups is 1. The molecule has 1 aliphatic rings. The van der Waals surface area contributed by atoms with Gasteiger partial charge < -0.3 is 9.15 Å². The highest BCUT2D eigenvalue weighted by Gasteiger charge is 2.26. The summed E-state index contributed by atoms with van der Waals surface area (Å²) in [4.78, 5) is 22.5. The van der Waals surface area contributed by atoms with Gasteiger partial charge in [0.1, 0.15) is 11.5 Å². The number of fused-ring (bicyclic) bond motifs is 1. The highest BCUT2D eigenvalue weighted by molar-refractivity contribution is 7.22. The van der Waals surface area contributed by atoms with Crippen molar-refractivity contribution in [3.05, 3.63) is 46.4 Å². The summed E-state index contributed by atoms with van der Waals surface area (Å²) in [5, 5.41) is 0.741. The molecule has 2 aromatic heterocycles. The van der Waals surface area contributed by atoms with Crippen LogP contribution in [0.2, 0.25) is 0 Å². The number of amides is 1. The first-order valence-electron chi connectivity index (χ1n) is 10.00. The molecular formula is C22H28ClN3O3S. The summed E-state index contributed by atoms with van der Waals surface area (Å²) in [7, 11) is 0. The Morgan fingerprint density at radius 2 is 1.93 bits per heavy atom. The fourth-order valence-electron chi connectivity index (χ4n) is 3.67. The molecular weight excluding hydrogens is 422 g/mol. The topological polar surface area (TPSA) is 58.8 Å². The Morgan fingerprint density at radius 3 is 2.60 bits per heavy atom. The van der Waals surface area contributed by atoms with Crippen molar-refractivity contribution in [2.45, 2.75) is 27.7 Å². The lowest BCUT2D eigenvalue weighted by molar-refractivity contribution is 0.0391. The number of nitrogens with zero attached hydrogens (tertiary/aromatic N) is 3.